The van der Waals surface area contributed by atoms with E-state index >= 15 is 0 Å². The maximum Gasteiger partial charge on any atom is 0.290 e. The van der Waals surface area contributed by atoms with Gasteiger partial charge in [-0.05, 0) is 62.4 Å². The fraction of sp³-hybridized carbons (Fsp3) is 0.462. The van der Waals surface area contributed by atoms with Crippen LogP contribution in [-0.2, 0) is 4.79 Å². The molecule has 1 aromatic heterocycles. The number of amides is 2. The molecule has 0 radical (unpaired) electrons. The van der Waals surface area contributed by atoms with E-state index in [1.165, 1.54) is 25.9 Å². The third-order valence-electron chi connectivity index (χ3n) is 7.25. The minimum atomic E-state index is -0.383. The summed E-state index contributed by atoms with van der Waals surface area (Å²) in [6.07, 6.45) is 4.14. The van der Waals surface area contributed by atoms with Gasteiger partial charge in [-0.15, -0.1) is 0 Å². The number of aromatic nitrogens is 2. The Bertz CT molecular complexity index is 1130. The fourth-order valence-corrected chi connectivity index (χ4v) is 5.72. The molecule has 3 aliphatic rings. The van der Waals surface area contributed by atoms with Gasteiger partial charge in [-0.2, -0.15) is 4.98 Å². The van der Waals surface area contributed by atoms with Gasteiger partial charge in [0.15, 0.2) is 0 Å². The average molecular weight is 508 g/mol. The van der Waals surface area contributed by atoms with Crippen molar-refractivity contribution in [2.75, 3.05) is 62.7 Å². The van der Waals surface area contributed by atoms with Crippen LogP contribution in [-0.4, -0.2) is 89.8 Å². The number of piperazine rings is 1. The Kier molecular flexibility index (Phi) is 7.54. The van der Waals surface area contributed by atoms with Crippen molar-refractivity contribution in [3.63, 3.8) is 0 Å². The van der Waals surface area contributed by atoms with Crippen LogP contribution in [0.3, 0.4) is 0 Å². The van der Waals surface area contributed by atoms with E-state index in [0.29, 0.717) is 22.6 Å². The van der Waals surface area contributed by atoms with E-state index in [2.05, 4.69) is 26.9 Å². The lowest BCUT2D eigenvalue weighted by atomic mass is 10.0. The number of thioether (sulfide) groups is 1. The highest BCUT2D eigenvalue weighted by Crippen LogP contribution is 2.29. The van der Waals surface area contributed by atoms with Crippen LogP contribution in [0, 0.1) is 0 Å². The van der Waals surface area contributed by atoms with Crippen LogP contribution in [0.1, 0.15) is 25.5 Å². The molecule has 2 aromatic rings. The number of carbonyl (C=O) groups excluding carboxylic acids is 2. The molecule has 0 bridgehead atoms. The summed E-state index contributed by atoms with van der Waals surface area (Å²) in [4.78, 5) is 43.3. The van der Waals surface area contributed by atoms with E-state index in [-0.39, 0.29) is 11.1 Å². The highest BCUT2D eigenvalue weighted by atomic mass is 32.2. The zero-order chi connectivity index (χ0) is 25.1. The molecule has 1 aromatic carbocycles. The average Bonchev–Trinajstić information content (AvgIpc) is 3.24. The molecule has 3 saturated heterocycles. The second-order valence-electron chi connectivity index (χ2n) is 9.39. The highest BCUT2D eigenvalue weighted by molar-refractivity contribution is 8.18. The predicted octanol–water partition coefficient (Wildman–Crippen LogP) is 3.17. The predicted molar refractivity (Wildman–Crippen MR) is 145 cm³/mol. The summed E-state index contributed by atoms with van der Waals surface area (Å²) < 4.78 is 0. The normalized spacial score (nSPS) is 21.3. The molecule has 1 N–H and O–H groups in total. The van der Waals surface area contributed by atoms with Gasteiger partial charge in [0.1, 0.15) is 5.82 Å². The first-order valence-electron chi connectivity index (χ1n) is 12.6. The van der Waals surface area contributed by atoms with Gasteiger partial charge in [-0.1, -0.05) is 25.1 Å². The van der Waals surface area contributed by atoms with Gasteiger partial charge in [0.05, 0.1) is 10.6 Å². The molecule has 0 unspecified atom stereocenters. The molecule has 0 saturated carbocycles. The summed E-state index contributed by atoms with van der Waals surface area (Å²) in [5.41, 5.74) is 1.62. The summed E-state index contributed by atoms with van der Waals surface area (Å²) in [5.74, 6) is 1.00. The molecule has 10 heteroatoms. The first kappa shape index (κ1) is 24.7. The molecule has 4 heterocycles. The van der Waals surface area contributed by atoms with Crippen molar-refractivity contribution in [1.82, 2.24) is 25.1 Å². The molecular formula is C26H33N7O2S. The number of rotatable bonds is 6. The van der Waals surface area contributed by atoms with E-state index in [4.69, 9.17) is 9.97 Å². The Morgan fingerprint density at radius 3 is 2.42 bits per heavy atom. The van der Waals surface area contributed by atoms with Crippen molar-refractivity contribution in [3.05, 3.63) is 47.0 Å². The second kappa shape index (κ2) is 11.0. The number of para-hydroxylation sites is 1. The van der Waals surface area contributed by atoms with Gasteiger partial charge < -0.3 is 14.7 Å². The quantitative estimate of drug-likeness (QED) is 0.593. The Morgan fingerprint density at radius 1 is 1.06 bits per heavy atom. The molecule has 190 valence electrons. The Morgan fingerprint density at radius 2 is 1.78 bits per heavy atom. The number of hydrogen-bond acceptors (Lipinski definition) is 9. The topological polar surface area (TPSA) is 84.9 Å². The summed E-state index contributed by atoms with van der Waals surface area (Å²) >= 11 is 0.902. The van der Waals surface area contributed by atoms with E-state index in [1.807, 2.05) is 48.3 Å². The highest BCUT2D eigenvalue weighted by Gasteiger charge is 2.29. The van der Waals surface area contributed by atoms with Crippen molar-refractivity contribution < 1.29 is 9.59 Å². The van der Waals surface area contributed by atoms with Crippen LogP contribution < -0.4 is 15.1 Å². The smallest absolute Gasteiger partial charge is 0.290 e. The van der Waals surface area contributed by atoms with Gasteiger partial charge in [-0.3, -0.25) is 19.8 Å². The maximum atomic E-state index is 12.1. The summed E-state index contributed by atoms with van der Waals surface area (Å²) in [7, 11) is 1.97. The lowest BCUT2D eigenvalue weighted by molar-refractivity contribution is -0.115. The molecule has 0 spiro atoms. The summed E-state index contributed by atoms with van der Waals surface area (Å²) in [6.45, 7) is 9.44. The van der Waals surface area contributed by atoms with E-state index in [0.717, 1.165) is 56.0 Å². The first-order chi connectivity index (χ1) is 17.5. The van der Waals surface area contributed by atoms with E-state index in [9.17, 15) is 9.59 Å². The molecule has 3 aliphatic heterocycles. The molecule has 3 fully saturated rings. The van der Waals surface area contributed by atoms with Gasteiger partial charge in [0.2, 0.25) is 5.95 Å². The number of imide groups is 1. The van der Waals surface area contributed by atoms with Crippen molar-refractivity contribution in [3.8, 4) is 0 Å². The Labute approximate surface area is 216 Å². The Balaban J connectivity index is 1.36. The van der Waals surface area contributed by atoms with Crippen LogP contribution in [0.2, 0.25) is 0 Å². The van der Waals surface area contributed by atoms with Crippen LogP contribution in [0.5, 0.6) is 0 Å². The van der Waals surface area contributed by atoms with Crippen molar-refractivity contribution in [1.29, 1.82) is 0 Å². The van der Waals surface area contributed by atoms with Gasteiger partial charge in [-0.25, -0.2) is 4.98 Å². The molecule has 5 rings (SSSR count). The third kappa shape index (κ3) is 5.55. The number of carbonyl (C=O) groups is 2. The number of nitrogens with one attached hydrogen (secondary N) is 1. The number of anilines is 3. The molecule has 36 heavy (non-hydrogen) atoms. The number of hydrogen-bond donors (Lipinski definition) is 1. The molecule has 0 atom stereocenters. The summed E-state index contributed by atoms with van der Waals surface area (Å²) in [5, 5.41) is 1.96. The largest absolute Gasteiger partial charge is 0.338 e. The first-order valence-corrected chi connectivity index (χ1v) is 13.5. The molecular weight excluding hydrogens is 474 g/mol. The number of benzene rings is 1. The van der Waals surface area contributed by atoms with Gasteiger partial charge in [0, 0.05) is 51.0 Å². The lowest BCUT2D eigenvalue weighted by Gasteiger charge is -2.42. The lowest BCUT2D eigenvalue weighted by Crippen LogP contribution is -2.53. The van der Waals surface area contributed by atoms with Crippen LogP contribution >= 0.6 is 11.8 Å². The fourth-order valence-electron chi connectivity index (χ4n) is 5.05. The molecule has 2 amide bonds. The SMILES string of the molecule is CCN1CCC(N2CCN(c3nc(C=C4SC(=O)NC4=O)cc(N(C)c4ccccc4)n3)CC2)CC1. The number of nitrogens with zero attached hydrogens (tertiary/aromatic N) is 6. The van der Waals surface area contributed by atoms with Crippen LogP contribution in [0.25, 0.3) is 6.08 Å². The molecule has 9 nitrogen and oxygen atoms in total. The minimum Gasteiger partial charge on any atom is -0.338 e. The number of likely N-dealkylation sites (tertiary alicyclic amines) is 1. The van der Waals surface area contributed by atoms with Gasteiger partial charge in [0.25, 0.3) is 11.1 Å². The van der Waals surface area contributed by atoms with E-state index in [1.54, 1.807) is 6.08 Å². The minimum absolute atomic E-state index is 0.348. The second-order valence-corrected chi connectivity index (χ2v) is 10.4. The van der Waals surface area contributed by atoms with Crippen LogP contribution in [0.4, 0.5) is 22.2 Å². The standard InChI is InChI=1S/C26H33N7O2S/c1-3-31-11-9-21(10-12-31)32-13-15-33(16-14-32)25-27-19(17-22-24(34)29-26(35)36-22)18-23(28-25)30(2)20-7-5-4-6-8-20/h4-8,17-18,21H,3,9-16H2,1-2H3,(H,29,34,35). The van der Waals surface area contributed by atoms with E-state index < -0.39 is 0 Å². The molecule has 0 aliphatic carbocycles. The van der Waals surface area contributed by atoms with Crippen molar-refractivity contribution in [2.24, 2.45) is 0 Å². The third-order valence-corrected chi connectivity index (χ3v) is 8.06. The van der Waals surface area contributed by atoms with Gasteiger partial charge >= 0.3 is 0 Å². The Hall–Kier alpha value is -2.95. The number of piperidine rings is 1. The zero-order valence-corrected chi connectivity index (χ0v) is 21.7. The zero-order valence-electron chi connectivity index (χ0n) is 20.9. The summed E-state index contributed by atoms with van der Waals surface area (Å²) in [6, 6.07) is 12.5. The van der Waals surface area contributed by atoms with Crippen molar-refractivity contribution >= 4 is 46.4 Å². The maximum absolute atomic E-state index is 12.1. The van der Waals surface area contributed by atoms with Crippen LogP contribution in [0.15, 0.2) is 41.3 Å². The monoisotopic (exact) mass is 507 g/mol. The van der Waals surface area contributed by atoms with Crippen molar-refractivity contribution in [2.45, 2.75) is 25.8 Å².